The Morgan fingerprint density at radius 3 is 2.68 bits per heavy atom. The van der Waals surface area contributed by atoms with Crippen LogP contribution in [0, 0.1) is 11.3 Å². The molecule has 0 amide bonds. The van der Waals surface area contributed by atoms with Gasteiger partial charge >= 0.3 is 5.97 Å². The van der Waals surface area contributed by atoms with E-state index in [4.69, 9.17) is 9.84 Å². The van der Waals surface area contributed by atoms with Gasteiger partial charge in [0.05, 0.1) is 6.54 Å². The van der Waals surface area contributed by atoms with Crippen LogP contribution < -0.4 is 0 Å². The Morgan fingerprint density at radius 2 is 2.14 bits per heavy atom. The normalized spacial score (nSPS) is 27.9. The number of carbonyl (C=O) groups is 1. The Labute approximate surface area is 132 Å². The van der Waals surface area contributed by atoms with Crippen LogP contribution in [0.3, 0.4) is 0 Å². The monoisotopic (exact) mass is 309 g/mol. The second-order valence-electron chi connectivity index (χ2n) is 7.23. The largest absolute Gasteiger partial charge is 0.454 e. The number of aliphatic hydroxyl groups excluding tert-OH is 1. The van der Waals surface area contributed by atoms with Gasteiger partial charge in [-0.25, -0.2) is 14.6 Å². The van der Waals surface area contributed by atoms with Crippen molar-refractivity contribution in [1.82, 2.24) is 0 Å². The van der Waals surface area contributed by atoms with Gasteiger partial charge in [0.1, 0.15) is 5.60 Å². The van der Waals surface area contributed by atoms with E-state index < -0.39 is 11.6 Å². The summed E-state index contributed by atoms with van der Waals surface area (Å²) in [5.74, 6) is -0.0143. The fraction of sp³-hybridized carbons (Fsp3) is 0.765. The van der Waals surface area contributed by atoms with Crippen molar-refractivity contribution in [2.24, 2.45) is 16.3 Å². The second kappa shape index (κ2) is 7.70. The van der Waals surface area contributed by atoms with Crippen LogP contribution >= 0.6 is 0 Å². The Morgan fingerprint density at radius 1 is 1.45 bits per heavy atom. The SMILES string of the molecule is CC(=CCCO)C(=O)OC1(CN=C=O)CC(C)CC(C)(C)C1. The molecule has 0 saturated heterocycles. The molecule has 1 aliphatic carbocycles. The predicted molar refractivity (Wildman–Crippen MR) is 84.1 cm³/mol. The molecule has 0 radical (unpaired) electrons. The number of rotatable bonds is 6. The average Bonchev–Trinajstić information content (AvgIpc) is 2.40. The number of hydrogen-bond acceptors (Lipinski definition) is 5. The first-order valence-corrected chi connectivity index (χ1v) is 7.78. The van der Waals surface area contributed by atoms with Crippen LogP contribution in [0.4, 0.5) is 0 Å². The Kier molecular flexibility index (Phi) is 6.51. The zero-order valence-electron chi connectivity index (χ0n) is 14.0. The highest BCUT2D eigenvalue weighted by atomic mass is 16.6. The van der Waals surface area contributed by atoms with E-state index in [2.05, 4.69) is 25.8 Å². The van der Waals surface area contributed by atoms with Crippen molar-refractivity contribution in [3.05, 3.63) is 11.6 Å². The number of ether oxygens (including phenoxy) is 1. The van der Waals surface area contributed by atoms with E-state index in [9.17, 15) is 9.59 Å². The molecule has 0 spiro atoms. The maximum atomic E-state index is 12.3. The summed E-state index contributed by atoms with van der Waals surface area (Å²) in [7, 11) is 0. The van der Waals surface area contributed by atoms with E-state index in [1.54, 1.807) is 19.1 Å². The van der Waals surface area contributed by atoms with Gasteiger partial charge in [-0.2, -0.15) is 0 Å². The van der Waals surface area contributed by atoms with Crippen LogP contribution in [-0.4, -0.2) is 35.9 Å². The van der Waals surface area contributed by atoms with Gasteiger partial charge in [-0.3, -0.25) is 0 Å². The van der Waals surface area contributed by atoms with Gasteiger partial charge in [-0.15, -0.1) is 0 Å². The van der Waals surface area contributed by atoms with Crippen LogP contribution in [0.2, 0.25) is 0 Å². The lowest BCUT2D eigenvalue weighted by atomic mass is 9.65. The number of aliphatic imine (C=N–C) groups is 1. The molecule has 1 rings (SSSR count). The van der Waals surface area contributed by atoms with Gasteiger partial charge in [0.25, 0.3) is 0 Å². The fourth-order valence-electron chi connectivity index (χ4n) is 3.72. The number of hydrogen-bond donors (Lipinski definition) is 1. The summed E-state index contributed by atoms with van der Waals surface area (Å²) in [6.07, 6.45) is 6.06. The molecular weight excluding hydrogens is 282 g/mol. The van der Waals surface area contributed by atoms with Gasteiger partial charge in [-0.05, 0) is 43.9 Å². The lowest BCUT2D eigenvalue weighted by Gasteiger charge is -2.46. The smallest absolute Gasteiger partial charge is 0.334 e. The van der Waals surface area contributed by atoms with Crippen molar-refractivity contribution < 1.29 is 19.4 Å². The summed E-state index contributed by atoms with van der Waals surface area (Å²) in [5, 5.41) is 8.83. The molecule has 1 aliphatic rings. The molecular formula is C17H27NO4. The maximum absolute atomic E-state index is 12.3. The molecule has 1 fully saturated rings. The van der Waals surface area contributed by atoms with Gasteiger partial charge in [0.2, 0.25) is 6.08 Å². The third-order valence-electron chi connectivity index (χ3n) is 4.06. The highest BCUT2D eigenvalue weighted by Crippen LogP contribution is 2.46. The fourth-order valence-corrected chi connectivity index (χ4v) is 3.72. The van der Waals surface area contributed by atoms with Crippen molar-refractivity contribution in [2.45, 2.75) is 59.0 Å². The Hall–Kier alpha value is -1.45. The van der Waals surface area contributed by atoms with Crippen LogP contribution in [-0.2, 0) is 14.3 Å². The zero-order valence-corrected chi connectivity index (χ0v) is 14.0. The molecule has 5 heteroatoms. The Balaban J connectivity index is 2.97. The van der Waals surface area contributed by atoms with Gasteiger partial charge in [0.15, 0.2) is 0 Å². The minimum absolute atomic E-state index is 0.00470. The molecule has 0 aromatic rings. The van der Waals surface area contributed by atoms with Gasteiger partial charge < -0.3 is 9.84 Å². The van der Waals surface area contributed by atoms with Crippen molar-refractivity contribution >= 4 is 12.0 Å². The first-order valence-electron chi connectivity index (χ1n) is 7.78. The minimum Gasteiger partial charge on any atom is -0.454 e. The van der Waals surface area contributed by atoms with Gasteiger partial charge in [-0.1, -0.05) is 26.8 Å². The van der Waals surface area contributed by atoms with E-state index in [0.717, 1.165) is 6.42 Å². The molecule has 0 aromatic heterocycles. The molecule has 5 nitrogen and oxygen atoms in total. The second-order valence-corrected chi connectivity index (χ2v) is 7.23. The molecule has 2 unspecified atom stereocenters. The first kappa shape index (κ1) is 18.6. The highest BCUT2D eigenvalue weighted by molar-refractivity contribution is 5.88. The summed E-state index contributed by atoms with van der Waals surface area (Å²) in [4.78, 5) is 26.5. The van der Waals surface area contributed by atoms with Gasteiger partial charge in [0, 0.05) is 12.2 Å². The highest BCUT2D eigenvalue weighted by Gasteiger charge is 2.45. The molecule has 1 N–H and O–H groups in total. The molecule has 0 heterocycles. The average molecular weight is 309 g/mol. The van der Waals surface area contributed by atoms with Crippen LogP contribution in [0.5, 0.6) is 0 Å². The first-order chi connectivity index (χ1) is 10.2. The van der Waals surface area contributed by atoms with E-state index >= 15 is 0 Å². The summed E-state index contributed by atoms with van der Waals surface area (Å²) >= 11 is 0. The summed E-state index contributed by atoms with van der Waals surface area (Å²) in [5.41, 5.74) is -0.247. The van der Waals surface area contributed by atoms with E-state index in [1.807, 2.05) is 0 Å². The molecule has 0 bridgehead atoms. The zero-order chi connectivity index (χ0) is 16.8. The van der Waals surface area contributed by atoms with E-state index in [-0.39, 0.29) is 18.6 Å². The molecule has 2 atom stereocenters. The van der Waals surface area contributed by atoms with Crippen molar-refractivity contribution in [2.75, 3.05) is 13.2 Å². The lowest BCUT2D eigenvalue weighted by molar-refractivity contribution is -0.163. The third kappa shape index (κ3) is 5.39. The summed E-state index contributed by atoms with van der Waals surface area (Å²) in [6.45, 7) is 8.24. The van der Waals surface area contributed by atoms with Crippen molar-refractivity contribution in [3.8, 4) is 0 Å². The number of isocyanates is 1. The standard InChI is InChI=1S/C17H27NO4/c1-13-8-16(3,4)10-17(9-13,11-18-12-20)22-15(21)14(2)6-5-7-19/h6,13,19H,5,7-11H2,1-4H3. The number of carbonyl (C=O) groups excluding carboxylic acids is 2. The number of aliphatic hydroxyl groups is 1. The lowest BCUT2D eigenvalue weighted by Crippen LogP contribution is -2.48. The van der Waals surface area contributed by atoms with Crippen LogP contribution in [0.25, 0.3) is 0 Å². The maximum Gasteiger partial charge on any atom is 0.334 e. The third-order valence-corrected chi connectivity index (χ3v) is 4.06. The number of nitrogens with zero attached hydrogens (tertiary/aromatic N) is 1. The summed E-state index contributed by atoms with van der Waals surface area (Å²) in [6, 6.07) is 0. The van der Waals surface area contributed by atoms with Crippen molar-refractivity contribution in [3.63, 3.8) is 0 Å². The molecule has 0 aliphatic heterocycles. The predicted octanol–water partition coefficient (Wildman–Crippen LogP) is 2.78. The quantitative estimate of drug-likeness (QED) is 0.354. The molecule has 1 saturated carbocycles. The Bertz CT molecular complexity index is 477. The molecule has 22 heavy (non-hydrogen) atoms. The van der Waals surface area contributed by atoms with Crippen molar-refractivity contribution in [1.29, 1.82) is 0 Å². The minimum atomic E-state index is -0.746. The van der Waals surface area contributed by atoms with E-state index in [1.165, 1.54) is 0 Å². The molecule has 0 aromatic carbocycles. The molecule has 124 valence electrons. The topological polar surface area (TPSA) is 76.0 Å². The number of esters is 1. The summed E-state index contributed by atoms with van der Waals surface area (Å²) < 4.78 is 5.78. The van der Waals surface area contributed by atoms with E-state index in [0.29, 0.717) is 30.8 Å². The van der Waals surface area contributed by atoms with Crippen LogP contribution in [0.15, 0.2) is 16.6 Å². The van der Waals surface area contributed by atoms with Crippen LogP contribution in [0.1, 0.15) is 53.4 Å².